The van der Waals surface area contributed by atoms with Gasteiger partial charge in [0.25, 0.3) is 0 Å². The van der Waals surface area contributed by atoms with Crippen molar-refractivity contribution in [3.05, 3.63) is 23.3 Å². The molecule has 1 unspecified atom stereocenters. The number of hydrogen-bond acceptors (Lipinski definition) is 3. The van der Waals surface area contributed by atoms with Gasteiger partial charge in [0.15, 0.2) is 0 Å². The molecule has 2 heterocycles. The minimum Gasteiger partial charge on any atom is -0.340 e. The fraction of sp³-hybridized carbons (Fsp3) is 0.579. The van der Waals surface area contributed by atoms with Gasteiger partial charge in [-0.1, -0.05) is 13.8 Å². The average molecular weight is 437 g/mol. The Morgan fingerprint density at radius 1 is 1.13 bits per heavy atom. The van der Waals surface area contributed by atoms with Crippen LogP contribution in [0.15, 0.2) is 12.1 Å². The van der Waals surface area contributed by atoms with Gasteiger partial charge in [-0.2, -0.15) is 30.9 Å². The molecule has 166 valence electrons. The number of nitrogens with one attached hydrogen (secondary N) is 2. The van der Waals surface area contributed by atoms with Crippen molar-refractivity contribution in [1.29, 1.82) is 0 Å². The molecular formula is C19H23F6N4O+. The Balaban J connectivity index is 1.93. The Hall–Kier alpha value is -2.30. The monoisotopic (exact) mass is 437 g/mol. The lowest BCUT2D eigenvalue weighted by Crippen LogP contribution is -2.49. The molecule has 0 spiro atoms. The van der Waals surface area contributed by atoms with Crippen LogP contribution in [0.4, 0.5) is 37.7 Å². The number of carbonyl (C=O) groups is 1. The quantitative estimate of drug-likeness (QED) is 0.561. The van der Waals surface area contributed by atoms with Gasteiger partial charge in [-0.05, 0) is 6.07 Å². The molecule has 2 N–H and O–H groups in total. The summed E-state index contributed by atoms with van der Waals surface area (Å²) in [4.78, 5) is 14.3. The number of benzene rings is 1. The molecule has 3 rings (SSSR count). The molecule has 11 heteroatoms. The van der Waals surface area contributed by atoms with E-state index in [1.54, 1.807) is 18.7 Å². The highest BCUT2D eigenvalue weighted by atomic mass is 19.4. The number of piperazine rings is 1. The lowest BCUT2D eigenvalue weighted by Gasteiger charge is -2.32. The molecule has 30 heavy (non-hydrogen) atoms. The van der Waals surface area contributed by atoms with E-state index in [1.807, 2.05) is 0 Å². The number of rotatable bonds is 3. The normalized spacial score (nSPS) is 20.2. The second kappa shape index (κ2) is 7.44. The van der Waals surface area contributed by atoms with E-state index in [9.17, 15) is 31.1 Å². The smallest absolute Gasteiger partial charge is 0.340 e. The minimum atomic E-state index is -4.99. The zero-order valence-corrected chi connectivity index (χ0v) is 16.5. The van der Waals surface area contributed by atoms with Crippen molar-refractivity contribution in [2.24, 2.45) is 5.41 Å². The summed E-state index contributed by atoms with van der Waals surface area (Å²) in [7, 11) is 0. The highest BCUT2D eigenvalue weighted by Gasteiger charge is 2.50. The molecule has 0 radical (unpaired) electrons. The minimum absolute atomic E-state index is 0.00183. The number of fused-ring (bicyclic) bond motifs is 1. The Morgan fingerprint density at radius 3 is 2.27 bits per heavy atom. The lowest BCUT2D eigenvalue weighted by molar-refractivity contribution is -0.479. The topological polar surface area (TPSA) is 47.4 Å². The van der Waals surface area contributed by atoms with Gasteiger partial charge in [0.05, 0.1) is 16.5 Å². The molecule has 0 saturated carbocycles. The molecule has 1 atom stereocenters. The molecule has 0 aromatic heterocycles. The van der Waals surface area contributed by atoms with Crippen LogP contribution in [-0.4, -0.2) is 54.4 Å². The standard InChI is InChI=1S/C19H23F6N4O/c1-17(2,10-14(30)29-6-4-26-5-7-29)16-27-15-12(19(23,24)25)8-11(18(20,21)22)9-13(15)28(16)3/h8-9,16,26-27H,3-7,10H2,1-2H3/q+1. The summed E-state index contributed by atoms with van der Waals surface area (Å²) in [5.74, 6) is -0.167. The SMILES string of the molecule is C=[N+]1c2cc(C(F)(F)F)cc(C(F)(F)F)c2NC1C(C)(C)CC(=O)N1CCNCC1. The van der Waals surface area contributed by atoms with Crippen molar-refractivity contribution in [3.8, 4) is 0 Å². The number of halogens is 6. The molecule has 1 amide bonds. The highest BCUT2D eigenvalue weighted by molar-refractivity contribution is 5.78. The highest BCUT2D eigenvalue weighted by Crippen LogP contribution is 2.49. The van der Waals surface area contributed by atoms with Gasteiger partial charge in [-0.25, -0.2) is 0 Å². The van der Waals surface area contributed by atoms with E-state index in [2.05, 4.69) is 17.4 Å². The van der Waals surface area contributed by atoms with E-state index in [-0.39, 0.29) is 24.1 Å². The molecule has 5 nitrogen and oxygen atoms in total. The number of amides is 1. The summed E-state index contributed by atoms with van der Waals surface area (Å²) in [6, 6.07) is 0.750. The Bertz CT molecular complexity index is 856. The van der Waals surface area contributed by atoms with Crippen molar-refractivity contribution in [2.45, 2.75) is 38.8 Å². The molecule has 1 aromatic rings. The van der Waals surface area contributed by atoms with Crippen LogP contribution in [0.1, 0.15) is 31.4 Å². The number of carbonyl (C=O) groups excluding carboxylic acids is 1. The van der Waals surface area contributed by atoms with Gasteiger partial charge >= 0.3 is 12.4 Å². The second-order valence-corrected chi connectivity index (χ2v) is 8.23. The summed E-state index contributed by atoms with van der Waals surface area (Å²) in [6.45, 7) is 9.38. The number of alkyl halides is 6. The van der Waals surface area contributed by atoms with Crippen molar-refractivity contribution < 1.29 is 35.7 Å². The third kappa shape index (κ3) is 4.26. The van der Waals surface area contributed by atoms with Gasteiger partial charge in [-0.3, -0.25) is 4.79 Å². The number of hydrogen-bond donors (Lipinski definition) is 2. The molecule has 1 saturated heterocycles. The van der Waals surface area contributed by atoms with Gasteiger partial charge in [0, 0.05) is 38.7 Å². The Morgan fingerprint density at radius 2 is 1.73 bits per heavy atom. The van der Waals surface area contributed by atoms with Gasteiger partial charge in [0.1, 0.15) is 12.4 Å². The number of anilines is 1. The van der Waals surface area contributed by atoms with Crippen molar-refractivity contribution >= 4 is 24.0 Å². The molecule has 1 aromatic carbocycles. The average Bonchev–Trinajstić information content (AvgIpc) is 2.97. The van der Waals surface area contributed by atoms with Crippen LogP contribution in [0.25, 0.3) is 0 Å². The molecular weight excluding hydrogens is 414 g/mol. The lowest BCUT2D eigenvalue weighted by atomic mass is 9.84. The van der Waals surface area contributed by atoms with Crippen molar-refractivity contribution in [2.75, 3.05) is 31.5 Å². The Kier molecular flexibility index (Phi) is 5.55. The predicted octanol–water partition coefficient (Wildman–Crippen LogP) is 3.67. The fourth-order valence-corrected chi connectivity index (χ4v) is 3.88. The summed E-state index contributed by atoms with van der Waals surface area (Å²) in [5, 5.41) is 5.80. The van der Waals surface area contributed by atoms with Crippen LogP contribution in [0, 0.1) is 5.41 Å². The zero-order valence-electron chi connectivity index (χ0n) is 16.5. The van der Waals surface area contributed by atoms with Crippen molar-refractivity contribution in [1.82, 2.24) is 10.2 Å². The number of nitrogens with zero attached hydrogens (tertiary/aromatic N) is 2. The molecule has 0 aliphatic carbocycles. The first kappa shape index (κ1) is 22.4. The van der Waals surface area contributed by atoms with E-state index in [0.29, 0.717) is 32.2 Å². The van der Waals surface area contributed by atoms with Crippen LogP contribution in [0.3, 0.4) is 0 Å². The van der Waals surface area contributed by atoms with E-state index in [0.717, 1.165) is 4.58 Å². The summed E-state index contributed by atoms with van der Waals surface area (Å²) in [6.07, 6.45) is -10.8. The van der Waals surface area contributed by atoms with Crippen LogP contribution >= 0.6 is 0 Å². The third-order valence-corrected chi connectivity index (χ3v) is 5.47. The van der Waals surface area contributed by atoms with E-state index < -0.39 is 40.7 Å². The van der Waals surface area contributed by atoms with Gasteiger partial charge in [0.2, 0.25) is 17.8 Å². The maximum Gasteiger partial charge on any atom is 0.418 e. The van der Waals surface area contributed by atoms with E-state index >= 15 is 0 Å². The second-order valence-electron chi connectivity index (χ2n) is 8.23. The van der Waals surface area contributed by atoms with Crippen LogP contribution in [0.2, 0.25) is 0 Å². The fourth-order valence-electron chi connectivity index (χ4n) is 3.88. The molecule has 1 fully saturated rings. The summed E-state index contributed by atoms with van der Waals surface area (Å²) >= 11 is 0. The van der Waals surface area contributed by atoms with Crippen LogP contribution in [0.5, 0.6) is 0 Å². The largest absolute Gasteiger partial charge is 0.418 e. The molecule has 2 aliphatic rings. The zero-order chi connectivity index (χ0) is 22.5. The molecule has 2 aliphatic heterocycles. The van der Waals surface area contributed by atoms with Crippen molar-refractivity contribution in [3.63, 3.8) is 0 Å². The van der Waals surface area contributed by atoms with Crippen LogP contribution < -0.4 is 10.6 Å². The first-order valence-electron chi connectivity index (χ1n) is 9.39. The summed E-state index contributed by atoms with van der Waals surface area (Å²) in [5.41, 5.74) is -4.49. The summed E-state index contributed by atoms with van der Waals surface area (Å²) < 4.78 is 81.1. The predicted molar refractivity (Wildman–Crippen MR) is 98.7 cm³/mol. The van der Waals surface area contributed by atoms with Crippen LogP contribution in [-0.2, 0) is 17.1 Å². The van der Waals surface area contributed by atoms with Gasteiger partial charge < -0.3 is 15.5 Å². The first-order valence-corrected chi connectivity index (χ1v) is 9.39. The third-order valence-electron chi connectivity index (χ3n) is 5.47. The van der Waals surface area contributed by atoms with E-state index in [4.69, 9.17) is 0 Å². The maximum absolute atomic E-state index is 13.5. The first-order chi connectivity index (χ1) is 13.7. The van der Waals surface area contributed by atoms with E-state index in [1.165, 1.54) is 0 Å². The molecule has 0 bridgehead atoms. The Labute approximate surface area is 169 Å². The van der Waals surface area contributed by atoms with Gasteiger partial charge in [-0.15, -0.1) is 0 Å². The maximum atomic E-state index is 13.5.